The summed E-state index contributed by atoms with van der Waals surface area (Å²) < 4.78 is 1.93. The van der Waals surface area contributed by atoms with Crippen molar-refractivity contribution in [3.63, 3.8) is 0 Å². The van der Waals surface area contributed by atoms with Crippen LogP contribution in [-0.2, 0) is 13.5 Å². The predicted octanol–water partition coefficient (Wildman–Crippen LogP) is 2.19. The first kappa shape index (κ1) is 14.7. The molecule has 1 unspecified atom stereocenters. The fraction of sp³-hybridized carbons (Fsp3) is 0.533. The van der Waals surface area contributed by atoms with Crippen molar-refractivity contribution in [3.8, 4) is 0 Å². The van der Waals surface area contributed by atoms with Crippen molar-refractivity contribution in [3.05, 3.63) is 41.7 Å². The van der Waals surface area contributed by atoms with Gasteiger partial charge in [-0.15, -0.1) is 0 Å². The summed E-state index contributed by atoms with van der Waals surface area (Å²) in [5.41, 5.74) is 2.33. The number of nitrogens with zero attached hydrogens (tertiary/aromatic N) is 4. The molecule has 0 aliphatic rings. The highest BCUT2D eigenvalue weighted by molar-refractivity contribution is 5.09. The van der Waals surface area contributed by atoms with Gasteiger partial charge in [-0.05, 0) is 44.9 Å². The molecule has 2 aromatic heterocycles. The summed E-state index contributed by atoms with van der Waals surface area (Å²) in [4.78, 5) is 8.73. The maximum absolute atomic E-state index is 4.55. The van der Waals surface area contributed by atoms with Crippen molar-refractivity contribution < 1.29 is 0 Å². The zero-order valence-corrected chi connectivity index (χ0v) is 12.5. The van der Waals surface area contributed by atoms with Gasteiger partial charge in [0.2, 0.25) is 0 Å². The maximum atomic E-state index is 4.55. The Morgan fingerprint density at radius 2 is 2.15 bits per heavy atom. The van der Waals surface area contributed by atoms with E-state index >= 15 is 0 Å². The van der Waals surface area contributed by atoms with Gasteiger partial charge in [0.1, 0.15) is 5.82 Å². The highest BCUT2D eigenvalue weighted by Gasteiger charge is 2.13. The normalized spacial score (nSPS) is 12.6. The van der Waals surface area contributed by atoms with E-state index in [-0.39, 0.29) is 6.04 Å². The Kier molecular flexibility index (Phi) is 5.24. The summed E-state index contributed by atoms with van der Waals surface area (Å²) in [5.74, 6) is 0.825. The monoisotopic (exact) mass is 273 g/mol. The third-order valence-corrected chi connectivity index (χ3v) is 3.41. The summed E-state index contributed by atoms with van der Waals surface area (Å²) in [7, 11) is 1.98. The zero-order chi connectivity index (χ0) is 14.4. The lowest BCUT2D eigenvalue weighted by atomic mass is 10.1. The van der Waals surface area contributed by atoms with Crippen molar-refractivity contribution in [2.45, 2.75) is 39.2 Å². The maximum Gasteiger partial charge on any atom is 0.125 e. The van der Waals surface area contributed by atoms with Crippen molar-refractivity contribution in [1.82, 2.24) is 25.1 Å². The van der Waals surface area contributed by atoms with Crippen LogP contribution in [0.2, 0.25) is 0 Å². The van der Waals surface area contributed by atoms with Gasteiger partial charge in [-0.2, -0.15) is 5.10 Å². The number of hydrogen-bond donors (Lipinski definition) is 1. The smallest absolute Gasteiger partial charge is 0.125 e. The van der Waals surface area contributed by atoms with E-state index in [4.69, 9.17) is 0 Å². The van der Waals surface area contributed by atoms with Gasteiger partial charge in [-0.25, -0.2) is 9.97 Å². The quantitative estimate of drug-likeness (QED) is 0.840. The molecule has 20 heavy (non-hydrogen) atoms. The lowest BCUT2D eigenvalue weighted by Gasteiger charge is -2.18. The summed E-state index contributed by atoms with van der Waals surface area (Å²) in [5, 5.41) is 7.79. The SMILES string of the molecule is CCCNC(CCc1ccnn1C)c1ccnc(C)n1. The van der Waals surface area contributed by atoms with E-state index < -0.39 is 0 Å². The molecule has 0 aromatic carbocycles. The molecule has 2 aromatic rings. The van der Waals surface area contributed by atoms with Gasteiger partial charge in [0.15, 0.2) is 0 Å². The molecule has 108 valence electrons. The van der Waals surface area contributed by atoms with Crippen molar-refractivity contribution in [1.29, 1.82) is 0 Å². The molecule has 2 heterocycles. The molecule has 0 radical (unpaired) electrons. The van der Waals surface area contributed by atoms with Crippen LogP contribution in [0.25, 0.3) is 0 Å². The Hall–Kier alpha value is -1.75. The number of aryl methyl sites for hydroxylation is 3. The molecule has 0 saturated heterocycles. The Balaban J connectivity index is 2.05. The average molecular weight is 273 g/mol. The van der Waals surface area contributed by atoms with Gasteiger partial charge in [-0.1, -0.05) is 6.92 Å². The minimum Gasteiger partial charge on any atom is -0.309 e. The third-order valence-electron chi connectivity index (χ3n) is 3.41. The van der Waals surface area contributed by atoms with E-state index in [0.717, 1.165) is 37.3 Å². The molecule has 0 amide bonds. The molecule has 0 fully saturated rings. The van der Waals surface area contributed by atoms with Crippen LogP contribution < -0.4 is 5.32 Å². The van der Waals surface area contributed by atoms with Gasteiger partial charge in [0, 0.05) is 31.2 Å². The second-order valence-corrected chi connectivity index (χ2v) is 5.02. The summed E-state index contributed by atoms with van der Waals surface area (Å²) >= 11 is 0. The topological polar surface area (TPSA) is 55.6 Å². The van der Waals surface area contributed by atoms with Crippen molar-refractivity contribution in [2.24, 2.45) is 7.05 Å². The highest BCUT2D eigenvalue weighted by atomic mass is 15.2. The number of nitrogens with one attached hydrogen (secondary N) is 1. The molecule has 0 bridgehead atoms. The molecular weight excluding hydrogens is 250 g/mol. The molecular formula is C15H23N5. The number of rotatable bonds is 7. The van der Waals surface area contributed by atoms with E-state index in [9.17, 15) is 0 Å². The molecule has 5 heteroatoms. The molecule has 2 rings (SSSR count). The average Bonchev–Trinajstić information content (AvgIpc) is 2.84. The van der Waals surface area contributed by atoms with Crippen LogP contribution >= 0.6 is 0 Å². The molecule has 0 aliphatic heterocycles. The Morgan fingerprint density at radius 1 is 1.30 bits per heavy atom. The summed E-state index contributed by atoms with van der Waals surface area (Å²) in [6.45, 7) is 5.11. The number of aromatic nitrogens is 4. The molecule has 0 spiro atoms. The van der Waals surface area contributed by atoms with Crippen molar-refractivity contribution in [2.75, 3.05) is 6.54 Å². The zero-order valence-electron chi connectivity index (χ0n) is 12.5. The second-order valence-electron chi connectivity index (χ2n) is 5.02. The fourth-order valence-electron chi connectivity index (χ4n) is 2.28. The minimum atomic E-state index is 0.270. The third kappa shape index (κ3) is 3.87. The van der Waals surface area contributed by atoms with Gasteiger partial charge in [0.05, 0.1) is 5.69 Å². The largest absolute Gasteiger partial charge is 0.309 e. The van der Waals surface area contributed by atoms with E-state index in [1.807, 2.05) is 37.1 Å². The van der Waals surface area contributed by atoms with Gasteiger partial charge in [0.25, 0.3) is 0 Å². The van der Waals surface area contributed by atoms with Crippen LogP contribution in [0.3, 0.4) is 0 Å². The molecule has 0 saturated carbocycles. The first-order valence-electron chi connectivity index (χ1n) is 7.20. The van der Waals surface area contributed by atoms with E-state index in [1.165, 1.54) is 5.69 Å². The van der Waals surface area contributed by atoms with E-state index in [1.54, 1.807) is 0 Å². The molecule has 1 N–H and O–H groups in total. The predicted molar refractivity (Wildman–Crippen MR) is 79.3 cm³/mol. The highest BCUT2D eigenvalue weighted by Crippen LogP contribution is 2.17. The van der Waals surface area contributed by atoms with Crippen LogP contribution in [0, 0.1) is 6.92 Å². The minimum absolute atomic E-state index is 0.270. The Bertz CT molecular complexity index is 535. The van der Waals surface area contributed by atoms with Crippen molar-refractivity contribution >= 4 is 0 Å². The van der Waals surface area contributed by atoms with Crippen LogP contribution in [0.15, 0.2) is 24.5 Å². The van der Waals surface area contributed by atoms with Gasteiger partial charge < -0.3 is 5.32 Å². The standard InChI is InChI=1S/C15H23N5/c1-4-9-17-14(15-8-10-16-12(2)19-15)6-5-13-7-11-18-20(13)3/h7-8,10-11,14,17H,4-6,9H2,1-3H3. The lowest BCUT2D eigenvalue weighted by Crippen LogP contribution is -2.24. The summed E-state index contributed by atoms with van der Waals surface area (Å²) in [6.07, 6.45) is 6.80. The van der Waals surface area contributed by atoms with Crippen LogP contribution in [0.1, 0.15) is 43.0 Å². The molecule has 5 nitrogen and oxygen atoms in total. The van der Waals surface area contributed by atoms with Crippen LogP contribution in [-0.4, -0.2) is 26.3 Å². The van der Waals surface area contributed by atoms with E-state index in [0.29, 0.717) is 0 Å². The summed E-state index contributed by atoms with van der Waals surface area (Å²) in [6, 6.07) is 4.35. The molecule has 1 atom stereocenters. The Labute approximate surface area is 120 Å². The van der Waals surface area contributed by atoms with Crippen LogP contribution in [0.4, 0.5) is 0 Å². The fourth-order valence-corrected chi connectivity index (χ4v) is 2.28. The van der Waals surface area contributed by atoms with Crippen LogP contribution in [0.5, 0.6) is 0 Å². The first-order chi connectivity index (χ1) is 9.70. The Morgan fingerprint density at radius 3 is 2.80 bits per heavy atom. The number of hydrogen-bond acceptors (Lipinski definition) is 4. The second kappa shape index (κ2) is 7.14. The van der Waals surface area contributed by atoms with Gasteiger partial charge >= 0.3 is 0 Å². The lowest BCUT2D eigenvalue weighted by molar-refractivity contribution is 0.480. The van der Waals surface area contributed by atoms with Gasteiger partial charge in [-0.3, -0.25) is 4.68 Å². The van der Waals surface area contributed by atoms with E-state index in [2.05, 4.69) is 33.4 Å². The first-order valence-corrected chi connectivity index (χ1v) is 7.20. The molecule has 0 aliphatic carbocycles.